The predicted molar refractivity (Wildman–Crippen MR) is 116 cm³/mol. The van der Waals surface area contributed by atoms with E-state index in [2.05, 4.69) is 4.98 Å². The Morgan fingerprint density at radius 3 is 2.10 bits per heavy atom. The highest BCUT2D eigenvalue weighted by atomic mass is 16.2. The van der Waals surface area contributed by atoms with Gasteiger partial charge in [0.25, 0.3) is 11.5 Å². The first-order chi connectivity index (χ1) is 14.6. The number of nitrogens with one attached hydrogen (secondary N) is 1. The second-order valence-corrected chi connectivity index (χ2v) is 8.29. The highest BCUT2D eigenvalue weighted by Crippen LogP contribution is 2.23. The zero-order chi connectivity index (χ0) is 20.9. The molecule has 2 fully saturated rings. The van der Waals surface area contributed by atoms with E-state index < -0.39 is 0 Å². The highest BCUT2D eigenvalue weighted by molar-refractivity contribution is 5.94. The Balaban J connectivity index is 1.38. The summed E-state index contributed by atoms with van der Waals surface area (Å²) in [5, 5.41) is 0. The fourth-order valence-electron chi connectivity index (χ4n) is 4.48. The van der Waals surface area contributed by atoms with E-state index in [4.69, 9.17) is 0 Å². The zero-order valence-electron chi connectivity index (χ0n) is 17.3. The van der Waals surface area contributed by atoms with E-state index in [0.29, 0.717) is 31.6 Å². The van der Waals surface area contributed by atoms with Gasteiger partial charge in [0.1, 0.15) is 5.56 Å². The van der Waals surface area contributed by atoms with E-state index in [1.54, 1.807) is 17.0 Å². The standard InChI is InChI=1S/C24H29N3O3/c28-22-20(10-11-21(25-22)18-8-4-3-5-9-18)24(30)27-16-12-19(13-17-27)23(29)26-14-6-1-2-7-15-26/h3-5,8-11,19H,1-2,6-7,12-17H2,(H,25,28). The summed E-state index contributed by atoms with van der Waals surface area (Å²) >= 11 is 0. The number of carbonyl (C=O) groups excluding carboxylic acids is 2. The van der Waals surface area contributed by atoms with Crippen molar-refractivity contribution < 1.29 is 9.59 Å². The molecule has 2 aliphatic rings. The monoisotopic (exact) mass is 407 g/mol. The van der Waals surface area contributed by atoms with Crippen LogP contribution in [0.15, 0.2) is 47.3 Å². The first-order valence-corrected chi connectivity index (χ1v) is 11.0. The molecule has 1 N–H and O–H groups in total. The molecule has 1 aromatic carbocycles. The minimum Gasteiger partial charge on any atom is -0.342 e. The molecule has 0 bridgehead atoms. The van der Waals surface area contributed by atoms with Crippen LogP contribution >= 0.6 is 0 Å². The lowest BCUT2D eigenvalue weighted by atomic mass is 9.94. The third-order valence-electron chi connectivity index (χ3n) is 6.27. The van der Waals surface area contributed by atoms with Gasteiger partial charge in [0, 0.05) is 37.8 Å². The summed E-state index contributed by atoms with van der Waals surface area (Å²) in [5.74, 6) is -0.0171. The van der Waals surface area contributed by atoms with Crippen LogP contribution in [0.2, 0.25) is 0 Å². The Kier molecular flexibility index (Phi) is 6.31. The first kappa shape index (κ1) is 20.4. The van der Waals surface area contributed by atoms with Crippen LogP contribution in [-0.2, 0) is 4.79 Å². The number of H-pyrrole nitrogens is 1. The molecular weight excluding hydrogens is 378 g/mol. The fourth-order valence-corrected chi connectivity index (χ4v) is 4.48. The number of aromatic nitrogens is 1. The topological polar surface area (TPSA) is 73.5 Å². The van der Waals surface area contributed by atoms with Crippen molar-refractivity contribution in [3.63, 3.8) is 0 Å². The van der Waals surface area contributed by atoms with Gasteiger partial charge in [-0.3, -0.25) is 14.4 Å². The molecule has 2 amide bonds. The minimum atomic E-state index is -0.371. The minimum absolute atomic E-state index is 0.00843. The molecule has 30 heavy (non-hydrogen) atoms. The van der Waals surface area contributed by atoms with Crippen molar-refractivity contribution in [1.82, 2.24) is 14.8 Å². The molecule has 6 nitrogen and oxygen atoms in total. The number of amides is 2. The number of pyridine rings is 1. The molecule has 4 rings (SSSR count). The van der Waals surface area contributed by atoms with Gasteiger partial charge in [-0.05, 0) is 43.4 Å². The van der Waals surface area contributed by atoms with Crippen molar-refractivity contribution >= 4 is 11.8 Å². The lowest BCUT2D eigenvalue weighted by Crippen LogP contribution is -2.45. The Labute approximate surface area is 176 Å². The number of rotatable bonds is 3. The number of nitrogens with zero attached hydrogens (tertiary/aromatic N) is 2. The van der Waals surface area contributed by atoms with Crippen LogP contribution in [0, 0.1) is 5.92 Å². The van der Waals surface area contributed by atoms with Gasteiger partial charge in [-0.1, -0.05) is 43.2 Å². The Bertz CT molecular complexity index is 938. The summed E-state index contributed by atoms with van der Waals surface area (Å²) < 4.78 is 0. The van der Waals surface area contributed by atoms with Crippen LogP contribution in [-0.4, -0.2) is 52.8 Å². The van der Waals surface area contributed by atoms with Gasteiger partial charge in [0.2, 0.25) is 5.91 Å². The largest absolute Gasteiger partial charge is 0.342 e. The molecule has 0 radical (unpaired) electrons. The predicted octanol–water partition coefficient (Wildman–Crippen LogP) is 3.30. The molecular formula is C24H29N3O3. The van der Waals surface area contributed by atoms with Gasteiger partial charge in [-0.15, -0.1) is 0 Å². The maximum Gasteiger partial charge on any atom is 0.261 e. The molecule has 2 aliphatic heterocycles. The maximum absolute atomic E-state index is 12.9. The molecule has 2 saturated heterocycles. The summed E-state index contributed by atoms with van der Waals surface area (Å²) in [6.45, 7) is 2.76. The molecule has 2 aromatic rings. The van der Waals surface area contributed by atoms with E-state index in [9.17, 15) is 14.4 Å². The number of carbonyl (C=O) groups is 2. The number of likely N-dealkylation sites (tertiary alicyclic amines) is 2. The number of benzene rings is 1. The van der Waals surface area contributed by atoms with Crippen molar-refractivity contribution in [2.75, 3.05) is 26.2 Å². The molecule has 1 aromatic heterocycles. The normalized spacial score (nSPS) is 18.1. The van der Waals surface area contributed by atoms with Crippen LogP contribution in [0.25, 0.3) is 11.3 Å². The Morgan fingerprint density at radius 1 is 0.800 bits per heavy atom. The lowest BCUT2D eigenvalue weighted by Gasteiger charge is -2.34. The van der Waals surface area contributed by atoms with Gasteiger partial charge in [0.15, 0.2) is 0 Å². The molecule has 6 heteroatoms. The van der Waals surface area contributed by atoms with Gasteiger partial charge < -0.3 is 14.8 Å². The van der Waals surface area contributed by atoms with Crippen LogP contribution in [0.1, 0.15) is 48.9 Å². The van der Waals surface area contributed by atoms with Crippen LogP contribution < -0.4 is 5.56 Å². The summed E-state index contributed by atoms with van der Waals surface area (Å²) in [4.78, 5) is 44.8. The summed E-state index contributed by atoms with van der Waals surface area (Å²) in [5.41, 5.74) is 1.39. The first-order valence-electron chi connectivity index (χ1n) is 11.0. The van der Waals surface area contributed by atoms with Crippen molar-refractivity contribution in [2.45, 2.75) is 38.5 Å². The SMILES string of the molecule is O=C(c1ccc(-c2ccccc2)[nH]c1=O)N1CCC(C(=O)N2CCCCCC2)CC1. The van der Waals surface area contributed by atoms with Crippen molar-refractivity contribution in [3.8, 4) is 11.3 Å². The van der Waals surface area contributed by atoms with Gasteiger partial charge in [-0.25, -0.2) is 0 Å². The second-order valence-electron chi connectivity index (χ2n) is 8.29. The maximum atomic E-state index is 12.9. The Morgan fingerprint density at radius 2 is 1.47 bits per heavy atom. The van der Waals surface area contributed by atoms with E-state index in [0.717, 1.165) is 31.5 Å². The average molecular weight is 408 g/mol. The van der Waals surface area contributed by atoms with E-state index in [1.165, 1.54) is 12.8 Å². The van der Waals surface area contributed by atoms with E-state index in [1.807, 2.05) is 35.2 Å². The molecule has 158 valence electrons. The molecule has 0 unspecified atom stereocenters. The zero-order valence-corrected chi connectivity index (χ0v) is 17.3. The number of aromatic amines is 1. The third-order valence-corrected chi connectivity index (χ3v) is 6.27. The van der Waals surface area contributed by atoms with Crippen molar-refractivity contribution in [1.29, 1.82) is 0 Å². The van der Waals surface area contributed by atoms with Gasteiger partial charge in [0.05, 0.1) is 0 Å². The van der Waals surface area contributed by atoms with Crippen molar-refractivity contribution in [3.05, 3.63) is 58.4 Å². The van der Waals surface area contributed by atoms with Gasteiger partial charge in [-0.2, -0.15) is 0 Å². The number of hydrogen-bond donors (Lipinski definition) is 1. The molecule has 3 heterocycles. The second kappa shape index (κ2) is 9.28. The Hall–Kier alpha value is -2.89. The quantitative estimate of drug-likeness (QED) is 0.848. The molecule has 0 aliphatic carbocycles. The molecule has 0 spiro atoms. The van der Waals surface area contributed by atoms with Crippen LogP contribution in [0.4, 0.5) is 0 Å². The highest BCUT2D eigenvalue weighted by Gasteiger charge is 2.31. The molecule has 0 atom stereocenters. The van der Waals surface area contributed by atoms with Crippen LogP contribution in [0.3, 0.4) is 0 Å². The molecule has 0 saturated carbocycles. The fraction of sp³-hybridized carbons (Fsp3) is 0.458. The number of hydrogen-bond acceptors (Lipinski definition) is 3. The summed E-state index contributed by atoms with van der Waals surface area (Å²) in [7, 11) is 0. The van der Waals surface area contributed by atoms with Crippen LogP contribution in [0.5, 0.6) is 0 Å². The summed E-state index contributed by atoms with van der Waals surface area (Å²) in [6.07, 6.45) is 5.92. The smallest absolute Gasteiger partial charge is 0.261 e. The van der Waals surface area contributed by atoms with Gasteiger partial charge >= 0.3 is 0 Å². The third kappa shape index (κ3) is 4.48. The van der Waals surface area contributed by atoms with Crippen molar-refractivity contribution in [2.24, 2.45) is 5.92 Å². The lowest BCUT2D eigenvalue weighted by molar-refractivity contribution is -0.136. The number of piperidine rings is 1. The van der Waals surface area contributed by atoms with E-state index >= 15 is 0 Å². The summed E-state index contributed by atoms with van der Waals surface area (Å²) in [6, 6.07) is 12.9. The van der Waals surface area contributed by atoms with E-state index in [-0.39, 0.29) is 28.9 Å². The average Bonchev–Trinajstić information content (AvgIpc) is 3.08.